The van der Waals surface area contributed by atoms with E-state index in [0.29, 0.717) is 29.7 Å². The fraction of sp³-hybridized carbons (Fsp3) is 0.615. The second-order valence-corrected chi connectivity index (χ2v) is 4.96. The van der Waals surface area contributed by atoms with Crippen molar-refractivity contribution in [2.24, 2.45) is 0 Å². The van der Waals surface area contributed by atoms with Crippen LogP contribution in [0.25, 0.3) is 0 Å². The first-order chi connectivity index (χ1) is 8.00. The van der Waals surface area contributed by atoms with E-state index < -0.39 is 0 Å². The molecule has 0 atom stereocenters. The van der Waals surface area contributed by atoms with E-state index in [-0.39, 0.29) is 0 Å². The van der Waals surface area contributed by atoms with Crippen molar-refractivity contribution < 1.29 is 4.74 Å². The SMILES string of the molecule is CC(C)N(CCOc1cccc(Cl)n1)C(C)C. The Morgan fingerprint density at radius 1 is 1.24 bits per heavy atom. The second-order valence-electron chi connectivity index (χ2n) is 4.57. The van der Waals surface area contributed by atoms with E-state index in [1.165, 1.54) is 0 Å². The minimum absolute atomic E-state index is 0.465. The first kappa shape index (κ1) is 14.3. The van der Waals surface area contributed by atoms with Crippen molar-refractivity contribution in [2.75, 3.05) is 13.2 Å². The van der Waals surface area contributed by atoms with Crippen LogP contribution in [-0.2, 0) is 0 Å². The van der Waals surface area contributed by atoms with Crippen LogP contribution in [0.5, 0.6) is 5.88 Å². The summed E-state index contributed by atoms with van der Waals surface area (Å²) in [6.07, 6.45) is 0. The zero-order valence-electron chi connectivity index (χ0n) is 11.0. The molecule has 3 nitrogen and oxygen atoms in total. The minimum atomic E-state index is 0.465. The van der Waals surface area contributed by atoms with Gasteiger partial charge in [0, 0.05) is 24.7 Å². The van der Waals surface area contributed by atoms with Gasteiger partial charge in [-0.15, -0.1) is 0 Å². The highest BCUT2D eigenvalue weighted by Crippen LogP contribution is 2.11. The number of halogens is 1. The molecule has 0 fully saturated rings. The summed E-state index contributed by atoms with van der Waals surface area (Å²) in [6, 6.07) is 6.44. The van der Waals surface area contributed by atoms with Gasteiger partial charge in [-0.25, -0.2) is 4.98 Å². The van der Waals surface area contributed by atoms with E-state index in [9.17, 15) is 0 Å². The van der Waals surface area contributed by atoms with E-state index >= 15 is 0 Å². The molecule has 0 spiro atoms. The van der Waals surface area contributed by atoms with Crippen LogP contribution < -0.4 is 4.74 Å². The van der Waals surface area contributed by atoms with Gasteiger partial charge in [0.05, 0.1) is 0 Å². The van der Waals surface area contributed by atoms with Gasteiger partial charge >= 0.3 is 0 Å². The quantitative estimate of drug-likeness (QED) is 0.731. The highest BCUT2D eigenvalue weighted by molar-refractivity contribution is 6.29. The van der Waals surface area contributed by atoms with Gasteiger partial charge in [0.15, 0.2) is 0 Å². The predicted molar refractivity (Wildman–Crippen MR) is 71.7 cm³/mol. The van der Waals surface area contributed by atoms with Crippen LogP contribution >= 0.6 is 11.6 Å². The van der Waals surface area contributed by atoms with Gasteiger partial charge in [-0.05, 0) is 33.8 Å². The molecule has 0 saturated carbocycles. The molecule has 0 amide bonds. The van der Waals surface area contributed by atoms with Gasteiger partial charge in [-0.2, -0.15) is 0 Å². The van der Waals surface area contributed by atoms with Gasteiger partial charge in [-0.1, -0.05) is 17.7 Å². The van der Waals surface area contributed by atoms with Crippen molar-refractivity contribution >= 4 is 11.6 Å². The maximum absolute atomic E-state index is 5.79. The maximum Gasteiger partial charge on any atom is 0.214 e. The lowest BCUT2D eigenvalue weighted by atomic mass is 10.2. The van der Waals surface area contributed by atoms with E-state index in [1.807, 2.05) is 12.1 Å². The largest absolute Gasteiger partial charge is 0.476 e. The monoisotopic (exact) mass is 256 g/mol. The van der Waals surface area contributed by atoms with Crippen LogP contribution in [0.15, 0.2) is 18.2 Å². The predicted octanol–water partition coefficient (Wildman–Crippen LogP) is 3.23. The van der Waals surface area contributed by atoms with E-state index in [1.54, 1.807) is 6.07 Å². The first-order valence-electron chi connectivity index (χ1n) is 6.02. The van der Waals surface area contributed by atoms with Gasteiger partial charge < -0.3 is 4.74 Å². The average Bonchev–Trinajstić information content (AvgIpc) is 2.23. The van der Waals surface area contributed by atoms with E-state index in [0.717, 1.165) is 6.54 Å². The van der Waals surface area contributed by atoms with E-state index in [2.05, 4.69) is 37.6 Å². The van der Waals surface area contributed by atoms with Crippen molar-refractivity contribution in [1.82, 2.24) is 9.88 Å². The number of hydrogen-bond acceptors (Lipinski definition) is 3. The van der Waals surface area contributed by atoms with Crippen molar-refractivity contribution in [2.45, 2.75) is 39.8 Å². The van der Waals surface area contributed by atoms with Crippen LogP contribution in [0.1, 0.15) is 27.7 Å². The minimum Gasteiger partial charge on any atom is -0.476 e. The summed E-state index contributed by atoms with van der Waals surface area (Å²) < 4.78 is 5.58. The lowest BCUT2D eigenvalue weighted by Crippen LogP contribution is -2.39. The normalized spacial score (nSPS) is 11.5. The highest BCUT2D eigenvalue weighted by atomic mass is 35.5. The Morgan fingerprint density at radius 3 is 2.41 bits per heavy atom. The molecular weight excluding hydrogens is 236 g/mol. The van der Waals surface area contributed by atoms with Gasteiger partial charge in [0.2, 0.25) is 5.88 Å². The molecule has 1 aromatic heterocycles. The summed E-state index contributed by atoms with van der Waals surface area (Å²) in [5, 5.41) is 0.465. The summed E-state index contributed by atoms with van der Waals surface area (Å²) in [6.45, 7) is 10.3. The Bertz CT molecular complexity index is 334. The van der Waals surface area contributed by atoms with Crippen LogP contribution in [0, 0.1) is 0 Å². The number of pyridine rings is 1. The van der Waals surface area contributed by atoms with Crippen LogP contribution in [0.3, 0.4) is 0 Å². The second kappa shape index (κ2) is 6.82. The molecule has 96 valence electrons. The molecule has 17 heavy (non-hydrogen) atoms. The molecule has 1 aromatic rings. The molecule has 0 unspecified atom stereocenters. The third kappa shape index (κ3) is 4.92. The smallest absolute Gasteiger partial charge is 0.214 e. The van der Waals surface area contributed by atoms with Gasteiger partial charge in [0.25, 0.3) is 0 Å². The summed E-state index contributed by atoms with van der Waals surface area (Å²) in [5.74, 6) is 0.588. The molecular formula is C13H21ClN2O. The summed E-state index contributed by atoms with van der Waals surface area (Å²) in [7, 11) is 0. The molecule has 0 aliphatic heterocycles. The van der Waals surface area contributed by atoms with E-state index in [4.69, 9.17) is 16.3 Å². The van der Waals surface area contributed by atoms with Crippen LogP contribution in [0.2, 0.25) is 5.15 Å². The number of rotatable bonds is 6. The standard InChI is InChI=1S/C13H21ClN2O/c1-10(2)16(11(3)4)8-9-17-13-7-5-6-12(14)15-13/h5-7,10-11H,8-9H2,1-4H3. The van der Waals surface area contributed by atoms with Crippen molar-refractivity contribution in [1.29, 1.82) is 0 Å². The molecule has 0 saturated heterocycles. The molecule has 1 rings (SSSR count). The Hall–Kier alpha value is -0.800. The molecule has 0 aliphatic carbocycles. The summed E-state index contributed by atoms with van der Waals surface area (Å²) >= 11 is 5.79. The number of ether oxygens (including phenoxy) is 1. The Balaban J connectivity index is 2.41. The lowest BCUT2D eigenvalue weighted by Gasteiger charge is -2.30. The van der Waals surface area contributed by atoms with Crippen molar-refractivity contribution in [3.63, 3.8) is 0 Å². The Morgan fingerprint density at radius 2 is 1.88 bits per heavy atom. The third-order valence-corrected chi connectivity index (χ3v) is 2.83. The van der Waals surface area contributed by atoms with Crippen LogP contribution in [0.4, 0.5) is 0 Å². The zero-order valence-corrected chi connectivity index (χ0v) is 11.7. The molecule has 4 heteroatoms. The molecule has 0 bridgehead atoms. The van der Waals surface area contributed by atoms with Crippen molar-refractivity contribution in [3.05, 3.63) is 23.4 Å². The zero-order chi connectivity index (χ0) is 12.8. The Kier molecular flexibility index (Phi) is 5.72. The van der Waals surface area contributed by atoms with Gasteiger partial charge in [-0.3, -0.25) is 4.90 Å². The highest BCUT2D eigenvalue weighted by Gasteiger charge is 2.12. The summed E-state index contributed by atoms with van der Waals surface area (Å²) in [4.78, 5) is 6.46. The van der Waals surface area contributed by atoms with Crippen LogP contribution in [-0.4, -0.2) is 35.1 Å². The lowest BCUT2D eigenvalue weighted by molar-refractivity contribution is 0.140. The molecule has 0 aliphatic rings. The number of aromatic nitrogens is 1. The molecule has 0 N–H and O–H groups in total. The number of nitrogens with zero attached hydrogens (tertiary/aromatic N) is 2. The third-order valence-electron chi connectivity index (χ3n) is 2.62. The average molecular weight is 257 g/mol. The van der Waals surface area contributed by atoms with Crippen molar-refractivity contribution in [3.8, 4) is 5.88 Å². The Labute approximate surface area is 109 Å². The maximum atomic E-state index is 5.79. The number of hydrogen-bond donors (Lipinski definition) is 0. The fourth-order valence-electron chi connectivity index (χ4n) is 1.84. The molecule has 1 heterocycles. The first-order valence-corrected chi connectivity index (χ1v) is 6.39. The molecule has 0 radical (unpaired) electrons. The molecule has 0 aromatic carbocycles. The fourth-order valence-corrected chi connectivity index (χ4v) is 1.99. The van der Waals surface area contributed by atoms with Gasteiger partial charge in [0.1, 0.15) is 11.8 Å². The summed E-state index contributed by atoms with van der Waals surface area (Å²) in [5.41, 5.74) is 0. The topological polar surface area (TPSA) is 25.4 Å².